The quantitative estimate of drug-likeness (QED) is 0.595. The lowest BCUT2D eigenvalue weighted by Crippen LogP contribution is -2.40. The van der Waals surface area contributed by atoms with Gasteiger partial charge in [-0.25, -0.2) is 8.42 Å². The molecule has 0 bridgehead atoms. The maximum absolute atomic E-state index is 13.0. The van der Waals surface area contributed by atoms with Gasteiger partial charge in [0.2, 0.25) is 10.0 Å². The Labute approximate surface area is 187 Å². The van der Waals surface area contributed by atoms with Gasteiger partial charge in [0.25, 0.3) is 5.91 Å². The van der Waals surface area contributed by atoms with E-state index >= 15 is 0 Å². The van der Waals surface area contributed by atoms with Gasteiger partial charge in [-0.1, -0.05) is 6.07 Å². The summed E-state index contributed by atoms with van der Waals surface area (Å²) in [7, 11) is -3.80. The molecule has 1 amide bonds. The molecule has 0 radical (unpaired) electrons. The third-order valence-electron chi connectivity index (χ3n) is 5.27. The molecule has 1 aromatic carbocycles. The Kier molecular flexibility index (Phi) is 6.12. The van der Waals surface area contributed by atoms with Crippen LogP contribution in [-0.4, -0.2) is 59.5 Å². The number of alkyl halides is 3. The smallest absolute Gasteiger partial charge is 0.379 e. The Morgan fingerprint density at radius 3 is 2.58 bits per heavy atom. The predicted octanol–water partition coefficient (Wildman–Crippen LogP) is 2.01. The Bertz CT molecular complexity index is 1300. The molecule has 1 aliphatic rings. The molecule has 0 saturated carbocycles. The second-order valence-corrected chi connectivity index (χ2v) is 9.37. The fourth-order valence-corrected chi connectivity index (χ4v) is 4.86. The minimum absolute atomic E-state index is 0.0251. The molecular formula is C20H20F3N5O4S. The summed E-state index contributed by atoms with van der Waals surface area (Å²) < 4.78 is 72.5. The number of halogens is 3. The standard InChI is InChI=1S/C20H20F3N5O4S/c1-13-2-4-15(33(30,31)27-6-8-32-9-7-27)10-16(13)19(29)24-11-18-26-25-17-5-3-14(12-28(17)18)20(21,22)23/h2-5,10,12H,6-9,11H2,1H3,(H,24,29). The maximum Gasteiger partial charge on any atom is 0.417 e. The van der Waals surface area contributed by atoms with Crippen LogP contribution in [0.15, 0.2) is 41.4 Å². The van der Waals surface area contributed by atoms with Crippen LogP contribution in [0.4, 0.5) is 13.2 Å². The minimum Gasteiger partial charge on any atom is -0.379 e. The van der Waals surface area contributed by atoms with Crippen molar-refractivity contribution in [2.45, 2.75) is 24.5 Å². The van der Waals surface area contributed by atoms with Gasteiger partial charge in [0.15, 0.2) is 11.5 Å². The van der Waals surface area contributed by atoms with Crippen molar-refractivity contribution in [3.05, 3.63) is 59.0 Å². The molecule has 0 aliphatic carbocycles. The number of fused-ring (bicyclic) bond motifs is 1. The number of nitrogens with zero attached hydrogens (tertiary/aromatic N) is 4. The summed E-state index contributed by atoms with van der Waals surface area (Å²) in [4.78, 5) is 12.8. The number of aromatic nitrogens is 3. The lowest BCUT2D eigenvalue weighted by molar-refractivity contribution is -0.137. The Morgan fingerprint density at radius 1 is 1.15 bits per heavy atom. The zero-order valence-corrected chi connectivity index (χ0v) is 18.3. The Morgan fingerprint density at radius 2 is 1.88 bits per heavy atom. The van der Waals surface area contributed by atoms with E-state index in [9.17, 15) is 26.4 Å². The molecular weight excluding hydrogens is 463 g/mol. The van der Waals surface area contributed by atoms with E-state index in [0.717, 1.165) is 16.7 Å². The highest BCUT2D eigenvalue weighted by Gasteiger charge is 2.31. The summed E-state index contributed by atoms with van der Waals surface area (Å²) in [6, 6.07) is 6.34. The Hall–Kier alpha value is -3.03. The molecule has 2 aromatic heterocycles. The van der Waals surface area contributed by atoms with Crippen LogP contribution in [0.1, 0.15) is 27.3 Å². The van der Waals surface area contributed by atoms with E-state index < -0.39 is 27.7 Å². The van der Waals surface area contributed by atoms with E-state index in [4.69, 9.17) is 4.74 Å². The van der Waals surface area contributed by atoms with Crippen LogP contribution < -0.4 is 5.32 Å². The first kappa shape index (κ1) is 23.1. The number of hydrogen-bond donors (Lipinski definition) is 1. The number of pyridine rings is 1. The van der Waals surface area contributed by atoms with Gasteiger partial charge in [0.05, 0.1) is 30.2 Å². The van der Waals surface area contributed by atoms with Crippen molar-refractivity contribution in [3.63, 3.8) is 0 Å². The van der Waals surface area contributed by atoms with Crippen molar-refractivity contribution in [3.8, 4) is 0 Å². The van der Waals surface area contributed by atoms with Crippen LogP contribution in [0.5, 0.6) is 0 Å². The van der Waals surface area contributed by atoms with Crippen molar-refractivity contribution in [2.75, 3.05) is 26.3 Å². The average Bonchev–Trinajstić information content (AvgIpc) is 3.20. The lowest BCUT2D eigenvalue weighted by atomic mass is 10.1. The fraction of sp³-hybridized carbons (Fsp3) is 0.350. The first-order chi connectivity index (χ1) is 15.6. The number of amides is 1. The largest absolute Gasteiger partial charge is 0.417 e. The zero-order valence-electron chi connectivity index (χ0n) is 17.5. The van der Waals surface area contributed by atoms with E-state index in [2.05, 4.69) is 15.5 Å². The van der Waals surface area contributed by atoms with Crippen LogP contribution in [0.25, 0.3) is 5.65 Å². The van der Waals surface area contributed by atoms with Gasteiger partial charge in [-0.2, -0.15) is 17.5 Å². The van der Waals surface area contributed by atoms with Gasteiger partial charge < -0.3 is 10.1 Å². The molecule has 1 aliphatic heterocycles. The molecule has 4 rings (SSSR count). The molecule has 3 heterocycles. The monoisotopic (exact) mass is 483 g/mol. The number of sulfonamides is 1. The maximum atomic E-state index is 13.0. The number of rotatable bonds is 5. The number of hydrogen-bond acceptors (Lipinski definition) is 6. The van der Waals surface area contributed by atoms with Crippen molar-refractivity contribution in [1.29, 1.82) is 0 Å². The second kappa shape index (κ2) is 8.72. The van der Waals surface area contributed by atoms with Crippen molar-refractivity contribution in [1.82, 2.24) is 24.2 Å². The molecule has 0 atom stereocenters. The molecule has 9 nitrogen and oxygen atoms in total. The number of carbonyl (C=O) groups excluding carboxylic acids is 1. The fourth-order valence-electron chi connectivity index (χ4n) is 3.42. The number of nitrogens with one attached hydrogen (secondary N) is 1. The average molecular weight is 483 g/mol. The number of benzene rings is 1. The summed E-state index contributed by atoms with van der Waals surface area (Å²) in [6.45, 7) is 2.47. The van der Waals surface area contributed by atoms with Crippen LogP contribution in [0.3, 0.4) is 0 Å². The molecule has 33 heavy (non-hydrogen) atoms. The van der Waals surface area contributed by atoms with Crippen LogP contribution in [-0.2, 0) is 27.5 Å². The van der Waals surface area contributed by atoms with E-state index in [0.29, 0.717) is 18.8 Å². The van der Waals surface area contributed by atoms with Gasteiger partial charge in [-0.05, 0) is 36.8 Å². The molecule has 176 valence electrons. The predicted molar refractivity (Wildman–Crippen MR) is 110 cm³/mol. The molecule has 1 fully saturated rings. The zero-order chi connectivity index (χ0) is 23.8. The normalized spacial score (nSPS) is 15.6. The first-order valence-corrected chi connectivity index (χ1v) is 11.4. The van der Waals surface area contributed by atoms with Gasteiger partial charge in [-0.15, -0.1) is 10.2 Å². The third kappa shape index (κ3) is 4.70. The second-order valence-electron chi connectivity index (χ2n) is 7.44. The number of morpholine rings is 1. The van der Waals surface area contributed by atoms with Crippen LogP contribution in [0, 0.1) is 6.92 Å². The van der Waals surface area contributed by atoms with E-state index in [1.54, 1.807) is 6.92 Å². The summed E-state index contributed by atoms with van der Waals surface area (Å²) >= 11 is 0. The molecule has 0 unspecified atom stereocenters. The van der Waals surface area contributed by atoms with Crippen LogP contribution >= 0.6 is 0 Å². The summed E-state index contributed by atoms with van der Waals surface area (Å²) in [5.74, 6) is -0.491. The summed E-state index contributed by atoms with van der Waals surface area (Å²) in [5, 5.41) is 10.2. The number of ether oxygens (including phenoxy) is 1. The Balaban J connectivity index is 1.55. The lowest BCUT2D eigenvalue weighted by Gasteiger charge is -2.26. The molecule has 1 saturated heterocycles. The molecule has 3 aromatic rings. The van der Waals surface area contributed by atoms with E-state index in [1.165, 1.54) is 28.6 Å². The number of carbonyl (C=O) groups is 1. The molecule has 13 heteroatoms. The summed E-state index contributed by atoms with van der Waals surface area (Å²) in [6.07, 6.45) is -3.68. The highest BCUT2D eigenvalue weighted by Crippen LogP contribution is 2.29. The van der Waals surface area contributed by atoms with Crippen molar-refractivity contribution < 1.29 is 31.1 Å². The van der Waals surface area contributed by atoms with Gasteiger partial charge >= 0.3 is 6.18 Å². The van der Waals surface area contributed by atoms with Gasteiger partial charge in [0.1, 0.15) is 0 Å². The van der Waals surface area contributed by atoms with Gasteiger partial charge in [0, 0.05) is 24.8 Å². The number of aryl methyl sites for hydroxylation is 1. The van der Waals surface area contributed by atoms with Gasteiger partial charge in [-0.3, -0.25) is 9.20 Å². The third-order valence-corrected chi connectivity index (χ3v) is 7.16. The molecule has 0 spiro atoms. The van der Waals surface area contributed by atoms with E-state index in [1.807, 2.05) is 0 Å². The SMILES string of the molecule is Cc1ccc(S(=O)(=O)N2CCOCC2)cc1C(=O)NCc1nnc2ccc(C(F)(F)F)cn12. The topological polar surface area (TPSA) is 106 Å². The highest BCUT2D eigenvalue weighted by molar-refractivity contribution is 7.89. The van der Waals surface area contributed by atoms with E-state index in [-0.39, 0.29) is 41.6 Å². The van der Waals surface area contributed by atoms with Crippen LogP contribution in [0.2, 0.25) is 0 Å². The van der Waals surface area contributed by atoms with Crippen molar-refractivity contribution >= 4 is 21.6 Å². The highest BCUT2D eigenvalue weighted by atomic mass is 32.2. The summed E-state index contributed by atoms with van der Waals surface area (Å²) in [5.41, 5.74) is -0.00528. The minimum atomic E-state index is -4.54. The van der Waals surface area contributed by atoms with Crippen molar-refractivity contribution in [2.24, 2.45) is 0 Å². The molecule has 1 N–H and O–H groups in total. The first-order valence-electron chi connectivity index (χ1n) is 9.95.